The fourth-order valence-electron chi connectivity index (χ4n) is 4.64. The summed E-state index contributed by atoms with van der Waals surface area (Å²) in [4.78, 5) is 29.2. The molecule has 3 aromatic carbocycles. The van der Waals surface area contributed by atoms with Crippen LogP contribution in [-0.4, -0.2) is 49.5 Å². The van der Waals surface area contributed by atoms with E-state index in [2.05, 4.69) is 5.32 Å². The summed E-state index contributed by atoms with van der Waals surface area (Å²) in [6, 6.07) is 21.0. The molecule has 2 amide bonds. The van der Waals surface area contributed by atoms with Gasteiger partial charge in [0.05, 0.1) is 11.9 Å². The summed E-state index contributed by atoms with van der Waals surface area (Å²) in [6.07, 6.45) is 1.73. The van der Waals surface area contributed by atoms with E-state index in [0.717, 1.165) is 17.4 Å². The second-order valence-electron chi connectivity index (χ2n) is 11.4. The molecular formula is C32H39Cl2N3O4S. The molecule has 1 atom stereocenters. The fourth-order valence-corrected chi connectivity index (χ4v) is 5.95. The quantitative estimate of drug-likeness (QED) is 0.250. The average molecular weight is 633 g/mol. The second kappa shape index (κ2) is 14.4. The summed E-state index contributed by atoms with van der Waals surface area (Å²) in [7, 11) is -3.65. The van der Waals surface area contributed by atoms with Gasteiger partial charge in [-0.05, 0) is 75.1 Å². The standard InChI is InChI=1S/C32H39Cl2N3O4S/c1-23-27(34)13-9-14-28(23)37(42(5,40)41)20-10-15-30(38)36(22-25-16-18-26(33)19-17-25)29(31(39)35-32(2,3)4)21-24-11-7-6-8-12-24/h6-9,11-14,16-19,29H,10,15,20-22H2,1-5H3,(H,35,39)/t29-/m0/s1. The number of benzene rings is 3. The first-order chi connectivity index (χ1) is 19.7. The number of sulfonamides is 1. The number of amides is 2. The number of carbonyl (C=O) groups is 2. The van der Waals surface area contributed by atoms with Gasteiger partial charge in [-0.2, -0.15) is 0 Å². The SMILES string of the molecule is Cc1c(Cl)cccc1N(CCCC(=O)N(Cc1ccc(Cl)cc1)[C@@H](Cc1ccccc1)C(=O)NC(C)(C)C)S(C)(=O)=O. The van der Waals surface area contributed by atoms with Crippen LogP contribution < -0.4 is 9.62 Å². The van der Waals surface area contributed by atoms with Gasteiger partial charge in [-0.3, -0.25) is 13.9 Å². The number of anilines is 1. The van der Waals surface area contributed by atoms with Crippen molar-refractivity contribution in [3.63, 3.8) is 0 Å². The number of nitrogens with one attached hydrogen (secondary N) is 1. The van der Waals surface area contributed by atoms with Crippen molar-refractivity contribution in [2.75, 3.05) is 17.1 Å². The first-order valence-electron chi connectivity index (χ1n) is 13.8. The van der Waals surface area contributed by atoms with E-state index in [1.54, 1.807) is 42.2 Å². The molecule has 0 saturated heterocycles. The lowest BCUT2D eigenvalue weighted by Crippen LogP contribution is -2.54. The van der Waals surface area contributed by atoms with E-state index in [1.165, 1.54) is 4.31 Å². The molecule has 10 heteroatoms. The molecule has 7 nitrogen and oxygen atoms in total. The van der Waals surface area contributed by atoms with Crippen LogP contribution in [0.5, 0.6) is 0 Å². The number of halogens is 2. The van der Waals surface area contributed by atoms with Crippen molar-refractivity contribution in [2.24, 2.45) is 0 Å². The number of nitrogens with zero attached hydrogens (tertiary/aromatic N) is 2. The summed E-state index contributed by atoms with van der Waals surface area (Å²) < 4.78 is 26.7. The third-order valence-corrected chi connectivity index (χ3v) is 8.54. The van der Waals surface area contributed by atoms with Crippen LogP contribution >= 0.6 is 23.2 Å². The fraction of sp³-hybridized carbons (Fsp3) is 0.375. The lowest BCUT2D eigenvalue weighted by atomic mass is 10.00. The minimum absolute atomic E-state index is 0.0350. The molecule has 0 radical (unpaired) electrons. The van der Waals surface area contributed by atoms with Gasteiger partial charge in [-0.15, -0.1) is 0 Å². The van der Waals surface area contributed by atoms with Crippen molar-refractivity contribution in [3.8, 4) is 0 Å². The molecule has 0 aliphatic heterocycles. The van der Waals surface area contributed by atoms with Crippen molar-refractivity contribution in [1.82, 2.24) is 10.2 Å². The topological polar surface area (TPSA) is 86.8 Å². The Hall–Kier alpha value is -3.07. The predicted octanol–water partition coefficient (Wildman–Crippen LogP) is 6.40. The third-order valence-electron chi connectivity index (χ3n) is 6.70. The van der Waals surface area contributed by atoms with Crippen molar-refractivity contribution < 1.29 is 18.0 Å². The minimum atomic E-state index is -3.65. The Balaban J connectivity index is 1.92. The molecule has 226 valence electrons. The van der Waals surface area contributed by atoms with E-state index in [0.29, 0.717) is 27.7 Å². The van der Waals surface area contributed by atoms with Crippen LogP contribution in [0.15, 0.2) is 72.8 Å². The Morgan fingerprint density at radius 2 is 1.55 bits per heavy atom. The molecule has 0 aromatic heterocycles. The smallest absolute Gasteiger partial charge is 0.243 e. The average Bonchev–Trinajstić information content (AvgIpc) is 2.90. The molecule has 3 aromatic rings. The van der Waals surface area contributed by atoms with E-state index in [-0.39, 0.29) is 37.7 Å². The summed E-state index contributed by atoms with van der Waals surface area (Å²) >= 11 is 12.4. The van der Waals surface area contributed by atoms with Gasteiger partial charge in [0.25, 0.3) is 0 Å². The molecule has 0 heterocycles. The highest BCUT2D eigenvalue weighted by Crippen LogP contribution is 2.28. The second-order valence-corrected chi connectivity index (χ2v) is 14.2. The zero-order valence-electron chi connectivity index (χ0n) is 24.7. The number of hydrogen-bond donors (Lipinski definition) is 1. The summed E-state index contributed by atoms with van der Waals surface area (Å²) in [5.74, 6) is -0.521. The Labute approximate surface area is 259 Å². The van der Waals surface area contributed by atoms with Gasteiger partial charge in [-0.25, -0.2) is 8.42 Å². The molecule has 3 rings (SSSR count). The lowest BCUT2D eigenvalue weighted by molar-refractivity contribution is -0.142. The predicted molar refractivity (Wildman–Crippen MR) is 171 cm³/mol. The first-order valence-corrected chi connectivity index (χ1v) is 16.4. The maximum absolute atomic E-state index is 13.9. The first kappa shape index (κ1) is 33.4. The molecule has 1 N–H and O–H groups in total. The Kier molecular flexibility index (Phi) is 11.5. The van der Waals surface area contributed by atoms with E-state index >= 15 is 0 Å². The van der Waals surface area contributed by atoms with Crippen molar-refractivity contribution in [1.29, 1.82) is 0 Å². The van der Waals surface area contributed by atoms with Crippen molar-refractivity contribution in [2.45, 2.75) is 65.1 Å². The highest BCUT2D eigenvalue weighted by molar-refractivity contribution is 7.92. The number of carbonyl (C=O) groups excluding carboxylic acids is 2. The van der Waals surface area contributed by atoms with Crippen LogP contribution in [0.2, 0.25) is 10.0 Å². The summed E-state index contributed by atoms with van der Waals surface area (Å²) in [5.41, 5.74) is 2.34. The van der Waals surface area contributed by atoms with Gasteiger partial charge in [0.1, 0.15) is 6.04 Å². The lowest BCUT2D eigenvalue weighted by Gasteiger charge is -2.34. The highest BCUT2D eigenvalue weighted by Gasteiger charge is 2.32. The maximum Gasteiger partial charge on any atom is 0.243 e. The normalized spacial score (nSPS) is 12.5. The zero-order chi connectivity index (χ0) is 31.1. The van der Waals surface area contributed by atoms with Crippen LogP contribution in [0.25, 0.3) is 0 Å². The molecule has 0 fully saturated rings. The van der Waals surface area contributed by atoms with Crippen LogP contribution in [0.3, 0.4) is 0 Å². The van der Waals surface area contributed by atoms with E-state index in [1.807, 2.05) is 63.2 Å². The van der Waals surface area contributed by atoms with E-state index in [9.17, 15) is 18.0 Å². The molecule has 0 bridgehead atoms. The van der Waals surface area contributed by atoms with Gasteiger partial charge in [0, 0.05) is 41.5 Å². The van der Waals surface area contributed by atoms with Gasteiger partial charge in [0.2, 0.25) is 21.8 Å². The van der Waals surface area contributed by atoms with Gasteiger partial charge in [-0.1, -0.05) is 71.7 Å². The molecule has 42 heavy (non-hydrogen) atoms. The van der Waals surface area contributed by atoms with Crippen LogP contribution in [0, 0.1) is 6.92 Å². The van der Waals surface area contributed by atoms with Crippen LogP contribution in [-0.2, 0) is 32.6 Å². The number of rotatable bonds is 12. The largest absolute Gasteiger partial charge is 0.350 e. The van der Waals surface area contributed by atoms with Crippen molar-refractivity contribution in [3.05, 3.63) is 99.5 Å². The third kappa shape index (κ3) is 9.75. The van der Waals surface area contributed by atoms with Crippen molar-refractivity contribution >= 4 is 50.7 Å². The molecule has 0 aliphatic rings. The molecule has 0 aliphatic carbocycles. The molecule has 0 spiro atoms. The monoisotopic (exact) mass is 631 g/mol. The minimum Gasteiger partial charge on any atom is -0.350 e. The zero-order valence-corrected chi connectivity index (χ0v) is 27.1. The summed E-state index contributed by atoms with van der Waals surface area (Å²) in [5, 5.41) is 4.07. The number of hydrogen-bond acceptors (Lipinski definition) is 4. The van der Waals surface area contributed by atoms with E-state index < -0.39 is 21.6 Å². The molecular weight excluding hydrogens is 593 g/mol. The Morgan fingerprint density at radius 1 is 0.905 bits per heavy atom. The highest BCUT2D eigenvalue weighted by atomic mass is 35.5. The Morgan fingerprint density at radius 3 is 2.14 bits per heavy atom. The van der Waals surface area contributed by atoms with Gasteiger partial charge < -0.3 is 10.2 Å². The van der Waals surface area contributed by atoms with Gasteiger partial charge in [0.15, 0.2) is 0 Å². The molecule has 0 saturated carbocycles. The van der Waals surface area contributed by atoms with Crippen LogP contribution in [0.4, 0.5) is 5.69 Å². The molecule has 0 unspecified atom stereocenters. The van der Waals surface area contributed by atoms with Crippen LogP contribution in [0.1, 0.15) is 50.3 Å². The van der Waals surface area contributed by atoms with Gasteiger partial charge >= 0.3 is 0 Å². The van der Waals surface area contributed by atoms with E-state index in [4.69, 9.17) is 23.2 Å². The Bertz CT molecular complexity index is 1470. The maximum atomic E-state index is 13.9. The summed E-state index contributed by atoms with van der Waals surface area (Å²) in [6.45, 7) is 7.72.